The van der Waals surface area contributed by atoms with E-state index in [0.29, 0.717) is 0 Å². The van der Waals surface area contributed by atoms with Crippen molar-refractivity contribution < 1.29 is 0 Å². The Morgan fingerprint density at radius 3 is 0.792 bits per heavy atom. The molecular formula is C116H80N4. The van der Waals surface area contributed by atoms with Crippen LogP contribution in [-0.2, 0) is 10.8 Å². The number of para-hydroxylation sites is 5. The fourth-order valence-electron chi connectivity index (χ4n) is 19.7. The van der Waals surface area contributed by atoms with Crippen molar-refractivity contribution in [2.45, 2.75) is 10.8 Å². The summed E-state index contributed by atoms with van der Waals surface area (Å²) in [6.45, 7) is 0. The predicted octanol–water partition coefficient (Wildman–Crippen LogP) is 30.2. The molecule has 21 aromatic rings. The van der Waals surface area contributed by atoms with E-state index in [2.05, 4.69) is 504 Å². The van der Waals surface area contributed by atoms with Gasteiger partial charge in [-0.25, -0.2) is 0 Å². The maximum atomic E-state index is 2.45. The molecule has 0 bridgehead atoms. The van der Waals surface area contributed by atoms with Gasteiger partial charge in [0.15, 0.2) is 0 Å². The third kappa shape index (κ3) is 11.8. The van der Waals surface area contributed by atoms with Crippen LogP contribution in [0.15, 0.2) is 485 Å². The minimum Gasteiger partial charge on any atom is -0.310 e. The van der Waals surface area contributed by atoms with Crippen molar-refractivity contribution in [3.8, 4) is 67.0 Å². The second-order valence-corrected chi connectivity index (χ2v) is 31.4. The number of hydrogen-bond acceptors (Lipinski definition) is 2. The van der Waals surface area contributed by atoms with Gasteiger partial charge in [0.05, 0.1) is 32.9 Å². The molecule has 564 valence electrons. The monoisotopic (exact) mass is 1530 g/mol. The zero-order valence-corrected chi connectivity index (χ0v) is 66.0. The van der Waals surface area contributed by atoms with Crippen LogP contribution in [0.5, 0.6) is 0 Å². The van der Waals surface area contributed by atoms with Crippen LogP contribution in [0, 0.1) is 0 Å². The Kier molecular flexibility index (Phi) is 17.7. The van der Waals surface area contributed by atoms with Gasteiger partial charge < -0.3 is 18.9 Å². The van der Waals surface area contributed by atoms with Crippen LogP contribution in [0.25, 0.3) is 111 Å². The van der Waals surface area contributed by atoms with Gasteiger partial charge in [-0.3, -0.25) is 0 Å². The van der Waals surface area contributed by atoms with Gasteiger partial charge in [0.2, 0.25) is 0 Å². The quantitative estimate of drug-likeness (QED) is 0.102. The van der Waals surface area contributed by atoms with Crippen LogP contribution in [0.1, 0.15) is 44.5 Å². The van der Waals surface area contributed by atoms with Gasteiger partial charge in [0.25, 0.3) is 0 Å². The van der Waals surface area contributed by atoms with Gasteiger partial charge in [-0.2, -0.15) is 0 Å². The number of fused-ring (bicyclic) bond motifs is 12. The predicted molar refractivity (Wildman–Crippen MR) is 502 cm³/mol. The number of hydrogen-bond donors (Lipinski definition) is 0. The van der Waals surface area contributed by atoms with E-state index in [4.69, 9.17) is 0 Å². The Hall–Kier alpha value is -15.6. The van der Waals surface area contributed by atoms with E-state index in [-0.39, 0.29) is 0 Å². The molecule has 0 radical (unpaired) electrons. The zero-order valence-electron chi connectivity index (χ0n) is 66.0. The van der Waals surface area contributed by atoms with Crippen molar-refractivity contribution >= 4 is 77.7 Å². The lowest BCUT2D eigenvalue weighted by Gasteiger charge is -2.35. The highest BCUT2D eigenvalue weighted by atomic mass is 15.1. The average molecular weight is 1530 g/mol. The van der Waals surface area contributed by atoms with Gasteiger partial charge in [-0.05, 0) is 234 Å². The Balaban J connectivity index is 0.000000145. The average Bonchev–Trinajstić information content (AvgIpc) is 1.54. The van der Waals surface area contributed by atoms with Gasteiger partial charge in [0.1, 0.15) is 0 Å². The van der Waals surface area contributed by atoms with E-state index >= 15 is 0 Å². The largest absolute Gasteiger partial charge is 0.310 e. The van der Waals surface area contributed by atoms with Crippen molar-refractivity contribution in [1.29, 1.82) is 0 Å². The first-order valence-electron chi connectivity index (χ1n) is 41.4. The zero-order chi connectivity index (χ0) is 79.5. The van der Waals surface area contributed by atoms with Gasteiger partial charge >= 0.3 is 0 Å². The maximum Gasteiger partial charge on any atom is 0.0714 e. The number of aromatic nitrogens is 2. The first-order valence-corrected chi connectivity index (χ1v) is 41.4. The molecule has 0 spiro atoms. The maximum absolute atomic E-state index is 2.45. The van der Waals surface area contributed by atoms with Gasteiger partial charge in [-0.1, -0.05) is 352 Å². The minimum atomic E-state index is -0.501. The number of benzene rings is 19. The Bertz CT molecular complexity index is 7250. The number of nitrogens with zero attached hydrogens (tertiary/aromatic N) is 4. The molecule has 2 aliphatic rings. The molecule has 19 aromatic carbocycles. The summed E-state index contributed by atoms with van der Waals surface area (Å²) in [4.78, 5) is 4.81. The van der Waals surface area contributed by atoms with E-state index in [1.165, 1.54) is 149 Å². The van der Waals surface area contributed by atoms with Crippen LogP contribution < -0.4 is 9.80 Å². The summed E-state index contributed by atoms with van der Waals surface area (Å²) in [6, 6.07) is 177. The van der Waals surface area contributed by atoms with E-state index < -0.39 is 10.8 Å². The molecule has 120 heavy (non-hydrogen) atoms. The van der Waals surface area contributed by atoms with Crippen molar-refractivity contribution in [2.24, 2.45) is 0 Å². The molecular weight excluding hydrogens is 1450 g/mol. The first-order chi connectivity index (χ1) is 59.5. The highest BCUT2D eigenvalue weighted by Crippen LogP contribution is 2.60. The third-order valence-corrected chi connectivity index (χ3v) is 24.9. The number of rotatable bonds is 15. The van der Waals surface area contributed by atoms with Crippen molar-refractivity contribution in [3.05, 3.63) is 530 Å². The summed E-state index contributed by atoms with van der Waals surface area (Å²) in [6.07, 6.45) is 0. The van der Waals surface area contributed by atoms with E-state index in [1.54, 1.807) is 0 Å². The minimum absolute atomic E-state index is 0.473. The molecule has 2 aliphatic carbocycles. The van der Waals surface area contributed by atoms with Crippen LogP contribution in [0.4, 0.5) is 34.1 Å². The Morgan fingerprint density at radius 1 is 0.158 bits per heavy atom. The molecule has 0 saturated carbocycles. The van der Waals surface area contributed by atoms with E-state index in [0.717, 1.165) is 39.8 Å². The molecule has 0 atom stereocenters. The van der Waals surface area contributed by atoms with Crippen molar-refractivity contribution in [2.75, 3.05) is 9.80 Å². The van der Waals surface area contributed by atoms with Crippen LogP contribution in [-0.4, -0.2) is 9.13 Å². The molecule has 0 unspecified atom stereocenters. The highest BCUT2D eigenvalue weighted by molar-refractivity contribution is 6.12. The Morgan fingerprint density at radius 2 is 0.417 bits per heavy atom. The van der Waals surface area contributed by atoms with Crippen LogP contribution in [0.2, 0.25) is 0 Å². The first kappa shape index (κ1) is 71.0. The summed E-state index contributed by atoms with van der Waals surface area (Å²) in [5.41, 5.74) is 35.3. The lowest BCUT2D eigenvalue weighted by Crippen LogP contribution is -2.28. The normalized spacial score (nSPS) is 12.6. The Labute approximate surface area is 699 Å². The molecule has 2 heterocycles. The van der Waals surface area contributed by atoms with Crippen molar-refractivity contribution in [3.63, 3.8) is 0 Å². The fourth-order valence-corrected chi connectivity index (χ4v) is 19.7. The molecule has 0 fully saturated rings. The lowest BCUT2D eigenvalue weighted by molar-refractivity contribution is 0.768. The van der Waals surface area contributed by atoms with Gasteiger partial charge in [0, 0.05) is 67.0 Å². The second-order valence-electron chi connectivity index (χ2n) is 31.4. The summed E-state index contributed by atoms with van der Waals surface area (Å²) < 4.78 is 4.74. The third-order valence-electron chi connectivity index (χ3n) is 24.9. The molecule has 4 nitrogen and oxygen atoms in total. The standard InChI is InChI=1S/C61H42N2.C55H38N2/c1-5-17-43(18-6-1)44-29-34-50(35-30-44)62(51-36-31-45(32-37-51)46-33-40-60-56(41-46)55-26-14-16-28-59(55)63(60)49-23-11-4-12-24-49)52-38-39-54-53-25-13-15-27-57(53)61(58(54)42-52,47-19-7-2-8-20-47)48-21-9-3-10-22-48;1-5-17-41(18-6-1)55(42-19-7-2-8-20-42)51-27-15-13-25-47(51)48-35-34-46(38-52(48)55)56(43-21-9-3-10-22-43)45-32-29-39(30-33-45)40-31-36-54-50(37-40)49-26-14-16-28-53(49)57(54)44-23-11-4-12-24-44/h1-42H;1-38H. The van der Waals surface area contributed by atoms with E-state index in [1.807, 2.05) is 0 Å². The smallest absolute Gasteiger partial charge is 0.0714 e. The summed E-state index contributed by atoms with van der Waals surface area (Å²) in [5.74, 6) is 0. The number of anilines is 6. The molecule has 0 amide bonds. The topological polar surface area (TPSA) is 16.3 Å². The molecule has 2 aromatic heterocycles. The molecule has 4 heteroatoms. The summed E-state index contributed by atoms with van der Waals surface area (Å²) in [5, 5.41) is 5.00. The molecule has 0 N–H and O–H groups in total. The second kappa shape index (κ2) is 29.9. The lowest BCUT2D eigenvalue weighted by atomic mass is 9.67. The van der Waals surface area contributed by atoms with Crippen LogP contribution >= 0.6 is 0 Å². The molecule has 23 rings (SSSR count). The fraction of sp³-hybridized carbons (Fsp3) is 0.0172. The summed E-state index contributed by atoms with van der Waals surface area (Å²) in [7, 11) is 0. The SMILES string of the molecule is c1ccc(-c2ccc(N(c3ccc(-c4ccc5c(c4)c4ccccc4n5-c4ccccc4)cc3)c3ccc4c(c3)C(c3ccccc3)(c3ccccc3)c3ccccc3-4)cc2)cc1.c1ccc(N(c2ccc(-c3ccc4c(c3)c3ccccc3n4-c3ccccc3)cc2)c2ccc3c(c2)C(c2ccccc2)(c2ccccc2)c2ccccc2-3)cc1. The van der Waals surface area contributed by atoms with Gasteiger partial charge in [-0.15, -0.1) is 0 Å². The molecule has 0 saturated heterocycles. The van der Waals surface area contributed by atoms with E-state index in [9.17, 15) is 0 Å². The molecule has 0 aliphatic heterocycles. The summed E-state index contributed by atoms with van der Waals surface area (Å²) >= 11 is 0. The van der Waals surface area contributed by atoms with Crippen LogP contribution in [0.3, 0.4) is 0 Å². The highest BCUT2D eigenvalue weighted by Gasteiger charge is 2.48. The van der Waals surface area contributed by atoms with Crippen molar-refractivity contribution in [1.82, 2.24) is 9.13 Å².